The molecule has 2 amide bonds. The maximum absolute atomic E-state index is 13.4. The number of fused-ring (bicyclic) bond motifs is 1. The van der Waals surface area contributed by atoms with E-state index in [0.717, 1.165) is 29.3 Å². The van der Waals surface area contributed by atoms with Crippen LogP contribution in [0, 0.1) is 5.92 Å². The van der Waals surface area contributed by atoms with Crippen molar-refractivity contribution in [2.45, 2.75) is 40.2 Å². The fraction of sp³-hybridized carbons (Fsp3) is 0.407. The average molecular weight is 434 g/mol. The first kappa shape index (κ1) is 23.6. The molecule has 0 aliphatic rings. The first-order chi connectivity index (χ1) is 15.4. The van der Waals surface area contributed by atoms with Gasteiger partial charge in [0.05, 0.1) is 6.54 Å². The van der Waals surface area contributed by atoms with Crippen molar-refractivity contribution < 1.29 is 9.59 Å². The lowest BCUT2D eigenvalue weighted by Gasteiger charge is -2.29. The Hall–Kier alpha value is -3.08. The maximum Gasteiger partial charge on any atom is 0.254 e. The summed E-state index contributed by atoms with van der Waals surface area (Å²) in [6, 6.07) is 17.8. The molecule has 0 saturated carbocycles. The predicted molar refractivity (Wildman–Crippen MR) is 130 cm³/mol. The first-order valence-electron chi connectivity index (χ1n) is 11.5. The number of amides is 2. The largest absolute Gasteiger partial charge is 0.353 e. The van der Waals surface area contributed by atoms with Crippen LogP contribution >= 0.6 is 0 Å². The molecule has 0 unspecified atom stereocenters. The number of aryl methyl sites for hydroxylation is 1. The number of nitrogens with zero attached hydrogens (tertiary/aromatic N) is 3. The summed E-state index contributed by atoms with van der Waals surface area (Å²) in [6.45, 7) is 8.16. The summed E-state index contributed by atoms with van der Waals surface area (Å²) in [5.74, 6) is 0.172. The molecule has 1 heterocycles. The second kappa shape index (κ2) is 11.0. The molecule has 0 spiro atoms. The van der Waals surface area contributed by atoms with Crippen molar-refractivity contribution in [3.8, 4) is 0 Å². The number of rotatable bonds is 10. The normalized spacial score (nSPS) is 11.2. The molecular weight excluding hydrogens is 398 g/mol. The molecule has 5 nitrogen and oxygen atoms in total. The molecule has 2 aromatic carbocycles. The van der Waals surface area contributed by atoms with Crippen LogP contribution in [-0.4, -0.2) is 45.8 Å². The molecule has 0 radical (unpaired) electrons. The summed E-state index contributed by atoms with van der Waals surface area (Å²) in [6.07, 6.45) is 3.95. The monoisotopic (exact) mass is 433 g/mol. The second-order valence-electron chi connectivity index (χ2n) is 8.92. The van der Waals surface area contributed by atoms with E-state index in [4.69, 9.17) is 0 Å². The molecule has 0 aliphatic heterocycles. The van der Waals surface area contributed by atoms with Crippen molar-refractivity contribution in [2.24, 2.45) is 13.0 Å². The van der Waals surface area contributed by atoms with Gasteiger partial charge >= 0.3 is 0 Å². The third-order valence-electron chi connectivity index (χ3n) is 5.73. The van der Waals surface area contributed by atoms with E-state index in [1.807, 2.05) is 77.3 Å². The molecule has 0 saturated heterocycles. The molecule has 3 aromatic rings. The summed E-state index contributed by atoms with van der Waals surface area (Å²) in [5.41, 5.74) is 1.71. The van der Waals surface area contributed by atoms with Crippen molar-refractivity contribution in [2.75, 3.05) is 19.6 Å². The highest BCUT2D eigenvalue weighted by Gasteiger charge is 2.23. The van der Waals surface area contributed by atoms with Gasteiger partial charge in [0, 0.05) is 37.6 Å². The number of unbranched alkanes of at least 4 members (excludes halogenated alkanes) is 1. The van der Waals surface area contributed by atoms with Crippen LogP contribution < -0.4 is 0 Å². The highest BCUT2D eigenvalue weighted by molar-refractivity contribution is 6.00. The van der Waals surface area contributed by atoms with Gasteiger partial charge in [-0.3, -0.25) is 9.59 Å². The topological polar surface area (TPSA) is 45.6 Å². The number of carbonyl (C=O) groups is 2. The van der Waals surface area contributed by atoms with E-state index >= 15 is 0 Å². The zero-order valence-corrected chi connectivity index (χ0v) is 19.8. The Morgan fingerprint density at radius 1 is 0.969 bits per heavy atom. The van der Waals surface area contributed by atoms with Crippen molar-refractivity contribution >= 4 is 22.6 Å². The van der Waals surface area contributed by atoms with Crippen LogP contribution in [0.5, 0.6) is 0 Å². The molecular formula is C27H35N3O2. The third-order valence-corrected chi connectivity index (χ3v) is 5.73. The van der Waals surface area contributed by atoms with E-state index < -0.39 is 0 Å². The van der Waals surface area contributed by atoms with E-state index in [1.165, 1.54) is 0 Å². The standard InChI is InChI=1S/C27H35N3O2/c1-5-6-16-29(19-25-12-9-15-28(25)4)26(31)20-30(18-21(2)3)27(32)24-14-13-22-10-7-8-11-23(22)17-24/h7-15,17,21H,5-6,16,18-20H2,1-4H3. The number of hydrogen-bond acceptors (Lipinski definition) is 2. The van der Waals surface area contributed by atoms with Crippen LogP contribution in [0.3, 0.4) is 0 Å². The van der Waals surface area contributed by atoms with Crippen LogP contribution in [0.15, 0.2) is 60.8 Å². The predicted octanol–water partition coefficient (Wildman–Crippen LogP) is 5.11. The Bertz CT molecular complexity index is 1050. The first-order valence-corrected chi connectivity index (χ1v) is 11.5. The zero-order valence-electron chi connectivity index (χ0n) is 19.8. The van der Waals surface area contributed by atoms with Crippen LogP contribution in [-0.2, 0) is 18.4 Å². The summed E-state index contributed by atoms with van der Waals surface area (Å²) in [5, 5.41) is 2.13. The van der Waals surface area contributed by atoms with Crippen molar-refractivity contribution in [1.29, 1.82) is 0 Å². The third kappa shape index (κ3) is 6.00. The van der Waals surface area contributed by atoms with E-state index in [-0.39, 0.29) is 24.3 Å². The smallest absolute Gasteiger partial charge is 0.254 e. The Balaban J connectivity index is 1.80. The Kier molecular flexibility index (Phi) is 8.09. The Morgan fingerprint density at radius 2 is 1.72 bits per heavy atom. The van der Waals surface area contributed by atoms with Crippen LogP contribution in [0.2, 0.25) is 0 Å². The van der Waals surface area contributed by atoms with Gasteiger partial charge in [0.1, 0.15) is 6.54 Å². The molecule has 170 valence electrons. The molecule has 0 atom stereocenters. The van der Waals surface area contributed by atoms with Gasteiger partial charge in [0.15, 0.2) is 0 Å². The molecule has 5 heteroatoms. The van der Waals surface area contributed by atoms with Crippen LogP contribution in [0.1, 0.15) is 49.7 Å². The fourth-order valence-corrected chi connectivity index (χ4v) is 3.93. The summed E-state index contributed by atoms with van der Waals surface area (Å²) in [7, 11) is 1.99. The van der Waals surface area contributed by atoms with E-state index in [1.54, 1.807) is 4.90 Å². The second-order valence-corrected chi connectivity index (χ2v) is 8.92. The lowest BCUT2D eigenvalue weighted by molar-refractivity contribution is -0.132. The molecule has 0 N–H and O–H groups in total. The molecule has 32 heavy (non-hydrogen) atoms. The fourth-order valence-electron chi connectivity index (χ4n) is 3.93. The maximum atomic E-state index is 13.4. The number of carbonyl (C=O) groups excluding carboxylic acids is 2. The summed E-state index contributed by atoms with van der Waals surface area (Å²) in [4.78, 5) is 30.4. The molecule has 0 aliphatic carbocycles. The van der Waals surface area contributed by atoms with Gasteiger partial charge in [-0.15, -0.1) is 0 Å². The number of aromatic nitrogens is 1. The van der Waals surface area contributed by atoms with Gasteiger partial charge in [-0.1, -0.05) is 57.5 Å². The van der Waals surface area contributed by atoms with Gasteiger partial charge in [-0.2, -0.15) is 0 Å². The minimum Gasteiger partial charge on any atom is -0.353 e. The molecule has 1 aromatic heterocycles. The number of benzene rings is 2. The van der Waals surface area contributed by atoms with E-state index in [2.05, 4.69) is 20.8 Å². The quantitative estimate of drug-likeness (QED) is 0.446. The molecule has 3 rings (SSSR count). The Labute approximate surface area is 191 Å². The minimum atomic E-state index is -0.0906. The van der Waals surface area contributed by atoms with Crippen molar-refractivity contribution in [1.82, 2.24) is 14.4 Å². The van der Waals surface area contributed by atoms with E-state index in [0.29, 0.717) is 25.2 Å². The highest BCUT2D eigenvalue weighted by atomic mass is 16.2. The van der Waals surface area contributed by atoms with Crippen molar-refractivity contribution in [3.63, 3.8) is 0 Å². The highest BCUT2D eigenvalue weighted by Crippen LogP contribution is 2.18. The lowest BCUT2D eigenvalue weighted by Crippen LogP contribution is -2.44. The van der Waals surface area contributed by atoms with Gasteiger partial charge in [0.25, 0.3) is 5.91 Å². The van der Waals surface area contributed by atoms with Gasteiger partial charge < -0.3 is 14.4 Å². The summed E-state index contributed by atoms with van der Waals surface area (Å²) < 4.78 is 2.04. The van der Waals surface area contributed by atoms with Crippen molar-refractivity contribution in [3.05, 3.63) is 72.1 Å². The Morgan fingerprint density at radius 3 is 2.38 bits per heavy atom. The lowest BCUT2D eigenvalue weighted by atomic mass is 10.1. The van der Waals surface area contributed by atoms with E-state index in [9.17, 15) is 9.59 Å². The van der Waals surface area contributed by atoms with Gasteiger partial charge in [-0.25, -0.2) is 0 Å². The molecule has 0 fully saturated rings. The minimum absolute atomic E-state index is 0.00515. The van der Waals surface area contributed by atoms with Crippen LogP contribution in [0.25, 0.3) is 10.8 Å². The van der Waals surface area contributed by atoms with Crippen LogP contribution in [0.4, 0.5) is 0 Å². The van der Waals surface area contributed by atoms with Gasteiger partial charge in [0.2, 0.25) is 5.91 Å². The molecule has 0 bridgehead atoms. The number of hydrogen-bond donors (Lipinski definition) is 0. The van der Waals surface area contributed by atoms with Gasteiger partial charge in [-0.05, 0) is 47.4 Å². The average Bonchev–Trinajstić information content (AvgIpc) is 3.19. The zero-order chi connectivity index (χ0) is 23.1. The SMILES string of the molecule is CCCCN(Cc1cccn1C)C(=O)CN(CC(C)C)C(=O)c1ccc2ccccc2c1. The summed E-state index contributed by atoms with van der Waals surface area (Å²) >= 11 is 0.